The van der Waals surface area contributed by atoms with E-state index in [9.17, 15) is 31.9 Å². The van der Waals surface area contributed by atoms with Gasteiger partial charge in [0.2, 0.25) is 0 Å². The number of alkyl halides is 4. The smallest absolute Gasteiger partial charge is 0.387 e. The van der Waals surface area contributed by atoms with E-state index in [1.165, 1.54) is 0 Å². The number of carbonyl (C=O) groups is 3. The number of carbonyl (C=O) groups excluding carboxylic acids is 3. The van der Waals surface area contributed by atoms with Crippen LogP contribution in [0.15, 0.2) is 48.5 Å². The zero-order chi connectivity index (χ0) is 21.4. The van der Waals surface area contributed by atoms with Gasteiger partial charge in [0.25, 0.3) is 11.8 Å². The molecule has 0 aromatic heterocycles. The summed E-state index contributed by atoms with van der Waals surface area (Å²) < 4.78 is 61.2. The van der Waals surface area contributed by atoms with E-state index in [0.717, 1.165) is 48.5 Å². The molecule has 0 aliphatic carbocycles. The topological polar surface area (TPSA) is 90.9 Å². The van der Waals surface area contributed by atoms with Crippen LogP contribution in [0.3, 0.4) is 0 Å². The molecule has 7 nitrogen and oxygen atoms in total. The first kappa shape index (κ1) is 21.7. The van der Waals surface area contributed by atoms with Gasteiger partial charge in [-0.25, -0.2) is 4.79 Å². The molecule has 2 rings (SSSR count). The van der Waals surface area contributed by atoms with E-state index in [4.69, 9.17) is 4.74 Å². The third-order valence-electron chi connectivity index (χ3n) is 3.24. The standard InChI is InChI=1S/C18H13F4NO6/c19-17(20)28-12-5-1-10(2-6-12)15(25)23-14(24)9-27-16(26)11-3-7-13(8-4-11)29-18(21)22/h1-8,17-18H,9H2,(H,23,24,25). The predicted molar refractivity (Wildman–Crippen MR) is 88.9 cm³/mol. The zero-order valence-electron chi connectivity index (χ0n) is 14.4. The quantitative estimate of drug-likeness (QED) is 0.527. The largest absolute Gasteiger partial charge is 0.452 e. The Bertz CT molecular complexity index is 856. The lowest BCUT2D eigenvalue weighted by Gasteiger charge is -2.08. The van der Waals surface area contributed by atoms with Gasteiger partial charge in [-0.15, -0.1) is 0 Å². The third-order valence-corrected chi connectivity index (χ3v) is 3.24. The Hall–Kier alpha value is -3.63. The molecule has 0 spiro atoms. The first-order chi connectivity index (χ1) is 13.7. The fraction of sp³-hybridized carbons (Fsp3) is 0.167. The van der Waals surface area contributed by atoms with Crippen LogP contribution in [0.2, 0.25) is 0 Å². The van der Waals surface area contributed by atoms with Gasteiger partial charge in [0, 0.05) is 5.56 Å². The van der Waals surface area contributed by atoms with Gasteiger partial charge in [-0.3, -0.25) is 14.9 Å². The average molecular weight is 415 g/mol. The van der Waals surface area contributed by atoms with E-state index >= 15 is 0 Å². The highest BCUT2D eigenvalue weighted by Gasteiger charge is 2.15. The molecule has 11 heteroatoms. The van der Waals surface area contributed by atoms with Crippen LogP contribution in [0.25, 0.3) is 0 Å². The lowest BCUT2D eigenvalue weighted by Crippen LogP contribution is -2.34. The van der Waals surface area contributed by atoms with Gasteiger partial charge >= 0.3 is 19.2 Å². The lowest BCUT2D eigenvalue weighted by molar-refractivity contribution is -0.123. The van der Waals surface area contributed by atoms with Crippen LogP contribution in [-0.4, -0.2) is 37.6 Å². The molecule has 0 aliphatic rings. The summed E-state index contributed by atoms with van der Waals surface area (Å²) in [4.78, 5) is 35.4. The summed E-state index contributed by atoms with van der Waals surface area (Å²) in [6.07, 6.45) is 0. The molecule has 0 radical (unpaired) electrons. The molecule has 0 saturated carbocycles. The van der Waals surface area contributed by atoms with Crippen LogP contribution in [0.5, 0.6) is 11.5 Å². The van der Waals surface area contributed by atoms with Gasteiger partial charge in [0.05, 0.1) is 5.56 Å². The summed E-state index contributed by atoms with van der Waals surface area (Å²) in [5.74, 6) is -3.03. The molecule has 2 amide bonds. The van der Waals surface area contributed by atoms with Gasteiger partial charge in [0.1, 0.15) is 11.5 Å². The Labute approximate surface area is 161 Å². The van der Waals surface area contributed by atoms with Crippen LogP contribution in [-0.2, 0) is 9.53 Å². The summed E-state index contributed by atoms with van der Waals surface area (Å²) in [6.45, 7) is -6.81. The number of imide groups is 1. The number of rotatable bonds is 8. The Balaban J connectivity index is 1.82. The van der Waals surface area contributed by atoms with E-state index in [1.807, 2.05) is 5.32 Å². The summed E-state index contributed by atoms with van der Waals surface area (Å²) in [6, 6.07) is 9.12. The van der Waals surface area contributed by atoms with Crippen molar-refractivity contribution in [1.29, 1.82) is 0 Å². The number of esters is 1. The van der Waals surface area contributed by atoms with Gasteiger partial charge in [-0.2, -0.15) is 17.6 Å². The fourth-order valence-electron chi connectivity index (χ4n) is 2.01. The Kier molecular flexibility index (Phi) is 7.52. The SMILES string of the molecule is O=C(COC(=O)c1ccc(OC(F)F)cc1)NC(=O)c1ccc(OC(F)F)cc1. The predicted octanol–water partition coefficient (Wildman–Crippen LogP) is 3.00. The molecule has 0 heterocycles. The van der Waals surface area contributed by atoms with Crippen molar-refractivity contribution in [2.75, 3.05) is 6.61 Å². The maximum Gasteiger partial charge on any atom is 0.387 e. The maximum absolute atomic E-state index is 12.1. The normalized spacial score (nSPS) is 10.6. The van der Waals surface area contributed by atoms with Crippen LogP contribution in [0.1, 0.15) is 20.7 Å². The number of hydrogen-bond donors (Lipinski definition) is 1. The number of halogens is 4. The summed E-state index contributed by atoms with van der Waals surface area (Å²) in [5.41, 5.74) is -0.0405. The van der Waals surface area contributed by atoms with Crippen molar-refractivity contribution in [3.63, 3.8) is 0 Å². The zero-order valence-corrected chi connectivity index (χ0v) is 14.4. The number of benzene rings is 2. The molecule has 0 atom stereocenters. The van der Waals surface area contributed by atoms with E-state index in [2.05, 4.69) is 9.47 Å². The molecule has 2 aromatic rings. The minimum absolute atomic E-state index is 0.0130. The highest BCUT2D eigenvalue weighted by molar-refractivity contribution is 6.05. The molecule has 0 bridgehead atoms. The second-order valence-corrected chi connectivity index (χ2v) is 5.26. The minimum Gasteiger partial charge on any atom is -0.452 e. The Morgan fingerprint density at radius 1 is 0.759 bits per heavy atom. The summed E-state index contributed by atoms with van der Waals surface area (Å²) in [7, 11) is 0. The molecular formula is C18H13F4NO6. The Morgan fingerprint density at radius 3 is 1.66 bits per heavy atom. The molecule has 0 unspecified atom stereocenters. The van der Waals surface area contributed by atoms with Gasteiger partial charge in [0.15, 0.2) is 6.61 Å². The monoisotopic (exact) mass is 415 g/mol. The molecule has 1 N–H and O–H groups in total. The second-order valence-electron chi connectivity index (χ2n) is 5.26. The first-order valence-electron chi connectivity index (χ1n) is 7.85. The molecule has 29 heavy (non-hydrogen) atoms. The average Bonchev–Trinajstić information content (AvgIpc) is 2.66. The van der Waals surface area contributed by atoms with E-state index in [1.54, 1.807) is 0 Å². The van der Waals surface area contributed by atoms with Crippen LogP contribution in [0, 0.1) is 0 Å². The first-order valence-corrected chi connectivity index (χ1v) is 7.85. The lowest BCUT2D eigenvalue weighted by atomic mass is 10.2. The van der Waals surface area contributed by atoms with Gasteiger partial charge in [-0.1, -0.05) is 0 Å². The summed E-state index contributed by atoms with van der Waals surface area (Å²) >= 11 is 0. The summed E-state index contributed by atoms with van der Waals surface area (Å²) in [5, 5.41) is 1.95. The van der Waals surface area contributed by atoms with Crippen LogP contribution >= 0.6 is 0 Å². The number of nitrogens with one attached hydrogen (secondary N) is 1. The van der Waals surface area contributed by atoms with Crippen molar-refractivity contribution in [1.82, 2.24) is 5.32 Å². The number of ether oxygens (including phenoxy) is 3. The van der Waals surface area contributed by atoms with Crippen molar-refractivity contribution < 1.29 is 46.2 Å². The van der Waals surface area contributed by atoms with Crippen LogP contribution < -0.4 is 14.8 Å². The highest BCUT2D eigenvalue weighted by atomic mass is 19.3. The second kappa shape index (κ2) is 10.1. The highest BCUT2D eigenvalue weighted by Crippen LogP contribution is 2.16. The number of hydrogen-bond acceptors (Lipinski definition) is 6. The molecule has 154 valence electrons. The molecular weight excluding hydrogens is 402 g/mol. The number of amides is 2. The van der Waals surface area contributed by atoms with Crippen molar-refractivity contribution >= 4 is 17.8 Å². The molecule has 2 aromatic carbocycles. The molecule has 0 aliphatic heterocycles. The van der Waals surface area contributed by atoms with Gasteiger partial charge < -0.3 is 14.2 Å². The van der Waals surface area contributed by atoms with Crippen molar-refractivity contribution in [2.45, 2.75) is 13.2 Å². The van der Waals surface area contributed by atoms with E-state index in [0.29, 0.717) is 0 Å². The molecule has 0 fully saturated rings. The Morgan fingerprint density at radius 2 is 1.21 bits per heavy atom. The van der Waals surface area contributed by atoms with Crippen molar-refractivity contribution in [3.8, 4) is 11.5 Å². The maximum atomic E-state index is 12.1. The fourth-order valence-corrected chi connectivity index (χ4v) is 2.01. The van der Waals surface area contributed by atoms with Gasteiger partial charge in [-0.05, 0) is 48.5 Å². The third kappa shape index (κ3) is 7.13. The molecule has 0 saturated heterocycles. The van der Waals surface area contributed by atoms with Crippen molar-refractivity contribution in [3.05, 3.63) is 59.7 Å². The van der Waals surface area contributed by atoms with E-state index in [-0.39, 0.29) is 22.6 Å². The van der Waals surface area contributed by atoms with Crippen LogP contribution in [0.4, 0.5) is 17.6 Å². The van der Waals surface area contributed by atoms with E-state index < -0.39 is 37.6 Å². The minimum atomic E-state index is -3.01. The van der Waals surface area contributed by atoms with Crippen molar-refractivity contribution in [2.24, 2.45) is 0 Å².